The minimum Gasteiger partial charge on any atom is -0.147 e. The number of halogens is 2. The van der Waals surface area contributed by atoms with Crippen LogP contribution in [0.3, 0.4) is 0 Å². The Morgan fingerprint density at radius 1 is 0.950 bits per heavy atom. The number of fused-ring (bicyclic) bond motifs is 1. The molecule has 0 fully saturated rings. The molecule has 0 heterocycles. The molecule has 0 spiro atoms. The van der Waals surface area contributed by atoms with Gasteiger partial charge in [-0.2, -0.15) is 0 Å². The molecule has 0 amide bonds. The van der Waals surface area contributed by atoms with E-state index in [1.807, 2.05) is 0 Å². The fourth-order valence-corrected chi connectivity index (χ4v) is 3.48. The van der Waals surface area contributed by atoms with Crippen molar-refractivity contribution in [2.45, 2.75) is 13.8 Å². The second kappa shape index (κ2) is 7.06. The van der Waals surface area contributed by atoms with Gasteiger partial charge in [-0.15, -0.1) is 24.8 Å². The third kappa shape index (κ3) is 2.95. The second-order valence-electron chi connectivity index (χ2n) is 4.93. The molecule has 0 nitrogen and oxygen atoms in total. The van der Waals surface area contributed by atoms with Gasteiger partial charge in [0.15, 0.2) is 0 Å². The molecule has 1 aliphatic carbocycles. The summed E-state index contributed by atoms with van der Waals surface area (Å²) < 4.78 is 1.64. The van der Waals surface area contributed by atoms with Crippen LogP contribution in [0.1, 0.15) is 19.4 Å². The van der Waals surface area contributed by atoms with Gasteiger partial charge in [0.05, 0.1) is 0 Å². The van der Waals surface area contributed by atoms with E-state index in [1.54, 1.807) is 3.33 Å². The molecule has 1 atom stereocenters. The van der Waals surface area contributed by atoms with Crippen LogP contribution in [0.15, 0.2) is 57.4 Å². The van der Waals surface area contributed by atoms with Gasteiger partial charge >= 0.3 is 123 Å². The summed E-state index contributed by atoms with van der Waals surface area (Å²) in [5.41, 5.74) is 4.35. The Morgan fingerprint density at radius 2 is 1.60 bits per heavy atom. The van der Waals surface area contributed by atoms with Crippen LogP contribution in [0.25, 0.3) is 16.3 Å². The average molecular weight is 471 g/mol. The van der Waals surface area contributed by atoms with Crippen molar-refractivity contribution in [1.82, 2.24) is 0 Å². The molecule has 0 N–H and O–H groups in total. The van der Waals surface area contributed by atoms with E-state index in [9.17, 15) is 0 Å². The van der Waals surface area contributed by atoms with E-state index in [1.165, 1.54) is 51.9 Å². The van der Waals surface area contributed by atoms with Crippen LogP contribution in [0.4, 0.5) is 0 Å². The number of rotatable bonds is 1. The van der Waals surface area contributed by atoms with Crippen molar-refractivity contribution in [3.8, 4) is 0 Å². The Bertz CT molecular complexity index is 681. The van der Waals surface area contributed by atoms with Gasteiger partial charge in [0, 0.05) is 0 Å². The standard InChI is InChI=1S/C17H15.2ClH.Hf/c1-12-10-13(2)17(11-12)16-9-5-7-14-6-3-4-8-15(14)16;;;/h3-9,11-12H,1-2H3;2*1H;. The normalized spacial score (nSPS) is 17.4. The van der Waals surface area contributed by atoms with Gasteiger partial charge in [0.1, 0.15) is 0 Å². The molecule has 0 saturated heterocycles. The molecule has 0 aliphatic heterocycles. The summed E-state index contributed by atoms with van der Waals surface area (Å²) in [5, 5.41) is 2.70. The third-order valence-electron chi connectivity index (χ3n) is 3.76. The molecule has 0 aromatic heterocycles. The van der Waals surface area contributed by atoms with Gasteiger partial charge in [0.25, 0.3) is 0 Å². The quantitative estimate of drug-likeness (QED) is 0.480. The Labute approximate surface area is 147 Å². The molecule has 3 rings (SSSR count). The second-order valence-corrected chi connectivity index (χ2v) is 6.87. The maximum Gasteiger partial charge on any atom is -0.147 e. The van der Waals surface area contributed by atoms with Gasteiger partial charge in [0.2, 0.25) is 0 Å². The first-order chi connectivity index (χ1) is 8.68. The van der Waals surface area contributed by atoms with E-state index < -0.39 is 0 Å². The summed E-state index contributed by atoms with van der Waals surface area (Å²) in [6.07, 6.45) is 2.43. The molecule has 3 heteroatoms. The van der Waals surface area contributed by atoms with Crippen LogP contribution in [-0.4, -0.2) is 0 Å². The molecular weight excluding hydrogens is 454 g/mol. The average Bonchev–Trinajstić information content (AvgIpc) is 2.66. The zero-order valence-electron chi connectivity index (χ0n) is 11.5. The van der Waals surface area contributed by atoms with E-state index in [4.69, 9.17) is 0 Å². The summed E-state index contributed by atoms with van der Waals surface area (Å²) in [7, 11) is 0. The summed E-state index contributed by atoms with van der Waals surface area (Å²) in [6, 6.07) is 15.3. The van der Waals surface area contributed by atoms with Gasteiger partial charge in [-0.05, 0) is 0 Å². The number of benzene rings is 2. The van der Waals surface area contributed by atoms with E-state index in [-0.39, 0.29) is 24.8 Å². The molecule has 2 aromatic rings. The van der Waals surface area contributed by atoms with Crippen LogP contribution >= 0.6 is 24.8 Å². The SMILES string of the molecule is CC1=[C]([Hf])C(C)C=C1c1cccc2ccccc12.Cl.Cl. The number of hydrogen-bond acceptors (Lipinski definition) is 0. The molecule has 2 aromatic carbocycles. The van der Waals surface area contributed by atoms with E-state index in [0.29, 0.717) is 5.92 Å². The molecule has 1 unspecified atom stereocenters. The fraction of sp³-hybridized carbons (Fsp3) is 0.176. The van der Waals surface area contributed by atoms with Crippen molar-refractivity contribution in [3.63, 3.8) is 0 Å². The van der Waals surface area contributed by atoms with Gasteiger partial charge in [-0.3, -0.25) is 0 Å². The van der Waals surface area contributed by atoms with Crippen LogP contribution < -0.4 is 0 Å². The Kier molecular flexibility index (Phi) is 6.25. The van der Waals surface area contributed by atoms with Crippen molar-refractivity contribution in [3.05, 3.63) is 63.0 Å². The summed E-state index contributed by atoms with van der Waals surface area (Å²) in [4.78, 5) is 0. The predicted octanol–water partition coefficient (Wildman–Crippen LogP) is 5.54. The van der Waals surface area contributed by atoms with Gasteiger partial charge in [-0.25, -0.2) is 0 Å². The van der Waals surface area contributed by atoms with Crippen molar-refractivity contribution < 1.29 is 24.4 Å². The monoisotopic (exact) mass is 471 g/mol. The van der Waals surface area contributed by atoms with Crippen LogP contribution in [-0.2, 0) is 24.4 Å². The minimum atomic E-state index is 0. The Morgan fingerprint density at radius 3 is 2.25 bits per heavy atom. The molecule has 0 saturated carbocycles. The van der Waals surface area contributed by atoms with Crippen molar-refractivity contribution >= 4 is 41.2 Å². The van der Waals surface area contributed by atoms with Gasteiger partial charge in [-0.1, -0.05) is 0 Å². The molecular formula is C17H17Cl2Hf. The first kappa shape index (κ1) is 17.7. The maximum atomic E-state index is 2.43. The molecule has 103 valence electrons. The predicted molar refractivity (Wildman–Crippen MR) is 88.3 cm³/mol. The molecule has 0 bridgehead atoms. The van der Waals surface area contributed by atoms with E-state index in [2.05, 4.69) is 62.4 Å². The Balaban J connectivity index is 0.000001000. The molecule has 0 radical (unpaired) electrons. The topological polar surface area (TPSA) is 0 Å². The summed E-state index contributed by atoms with van der Waals surface area (Å²) >= 11 is 1.17. The van der Waals surface area contributed by atoms with E-state index >= 15 is 0 Å². The smallest absolute Gasteiger partial charge is 0.147 e. The van der Waals surface area contributed by atoms with Crippen LogP contribution in [0.2, 0.25) is 0 Å². The van der Waals surface area contributed by atoms with Crippen molar-refractivity contribution in [2.75, 3.05) is 0 Å². The molecule has 1 aliphatic rings. The van der Waals surface area contributed by atoms with E-state index in [0.717, 1.165) is 0 Å². The maximum absolute atomic E-state index is 2.43. The number of hydrogen-bond donors (Lipinski definition) is 0. The first-order valence-corrected chi connectivity index (χ1v) is 8.11. The largest absolute Gasteiger partial charge is 0.147 e. The Hall–Kier alpha value is -0.370. The summed E-state index contributed by atoms with van der Waals surface area (Å²) in [6.45, 7) is 4.59. The zero-order chi connectivity index (χ0) is 12.7. The fourth-order valence-electron chi connectivity index (χ4n) is 2.70. The first-order valence-electron chi connectivity index (χ1n) is 6.31. The van der Waals surface area contributed by atoms with Crippen LogP contribution in [0.5, 0.6) is 0 Å². The number of allylic oxidation sites excluding steroid dienone is 4. The third-order valence-corrected chi connectivity index (χ3v) is 6.74. The zero-order valence-corrected chi connectivity index (χ0v) is 16.7. The van der Waals surface area contributed by atoms with Crippen molar-refractivity contribution in [2.24, 2.45) is 5.92 Å². The van der Waals surface area contributed by atoms with Crippen molar-refractivity contribution in [1.29, 1.82) is 0 Å². The van der Waals surface area contributed by atoms with Gasteiger partial charge < -0.3 is 0 Å². The molecule has 20 heavy (non-hydrogen) atoms. The van der Waals surface area contributed by atoms with Crippen LogP contribution in [0, 0.1) is 5.92 Å². The summed E-state index contributed by atoms with van der Waals surface area (Å²) in [5.74, 6) is 0.630. The minimum absolute atomic E-state index is 0.